The van der Waals surface area contributed by atoms with Crippen molar-refractivity contribution in [1.82, 2.24) is 0 Å². The molecule has 0 heterocycles. The number of rotatable bonds is 5. The molecule has 0 saturated heterocycles. The highest BCUT2D eigenvalue weighted by Gasteiger charge is 2.11. The van der Waals surface area contributed by atoms with Gasteiger partial charge in [-0.15, -0.1) is 0 Å². The van der Waals surface area contributed by atoms with Crippen molar-refractivity contribution in [2.45, 2.75) is 6.61 Å². The zero-order chi connectivity index (χ0) is 14.5. The number of nitrogens with zero attached hydrogens (tertiary/aromatic N) is 1. The van der Waals surface area contributed by atoms with Crippen molar-refractivity contribution in [3.8, 4) is 11.5 Å². The lowest BCUT2D eigenvalue weighted by Gasteiger charge is -2.10. The van der Waals surface area contributed by atoms with Crippen LogP contribution in [0.4, 0.5) is 11.4 Å². The minimum atomic E-state index is -0.514. The fourth-order valence-corrected chi connectivity index (χ4v) is 1.76. The van der Waals surface area contributed by atoms with Crippen molar-refractivity contribution >= 4 is 11.4 Å². The normalized spacial score (nSPS) is 10.1. The van der Waals surface area contributed by atoms with E-state index in [0.29, 0.717) is 11.5 Å². The molecule has 2 rings (SSSR count). The number of anilines is 1. The predicted molar refractivity (Wildman–Crippen MR) is 74.8 cm³/mol. The number of nitrogens with two attached hydrogens (primary N) is 1. The van der Waals surface area contributed by atoms with Crippen molar-refractivity contribution < 1.29 is 14.4 Å². The van der Waals surface area contributed by atoms with Gasteiger partial charge in [0, 0.05) is 6.07 Å². The Morgan fingerprint density at radius 2 is 1.90 bits per heavy atom. The fourth-order valence-electron chi connectivity index (χ4n) is 1.76. The zero-order valence-electron chi connectivity index (χ0n) is 10.9. The van der Waals surface area contributed by atoms with Gasteiger partial charge in [0.15, 0.2) is 11.5 Å². The van der Waals surface area contributed by atoms with Crippen LogP contribution in [0, 0.1) is 10.1 Å². The maximum atomic E-state index is 10.7. The molecular formula is C14H14N2O4. The van der Waals surface area contributed by atoms with Gasteiger partial charge in [0.05, 0.1) is 12.0 Å². The van der Waals surface area contributed by atoms with E-state index in [-0.39, 0.29) is 18.0 Å². The molecule has 0 atom stereocenters. The van der Waals surface area contributed by atoms with Gasteiger partial charge in [-0.1, -0.05) is 12.1 Å². The average molecular weight is 274 g/mol. The van der Waals surface area contributed by atoms with Gasteiger partial charge in [-0.25, -0.2) is 0 Å². The first-order valence-corrected chi connectivity index (χ1v) is 5.90. The van der Waals surface area contributed by atoms with Gasteiger partial charge in [0.2, 0.25) is 0 Å². The molecule has 0 aliphatic heterocycles. The fraction of sp³-hybridized carbons (Fsp3) is 0.143. The van der Waals surface area contributed by atoms with Crippen LogP contribution in [0.2, 0.25) is 0 Å². The van der Waals surface area contributed by atoms with E-state index in [2.05, 4.69) is 0 Å². The molecule has 0 unspecified atom stereocenters. The molecule has 0 spiro atoms. The molecule has 0 bridgehead atoms. The molecule has 0 aliphatic rings. The van der Waals surface area contributed by atoms with E-state index in [9.17, 15) is 10.1 Å². The maximum Gasteiger partial charge on any atom is 0.292 e. The monoisotopic (exact) mass is 274 g/mol. The zero-order valence-corrected chi connectivity index (χ0v) is 10.9. The lowest BCUT2D eigenvalue weighted by molar-refractivity contribution is -0.383. The summed E-state index contributed by atoms with van der Waals surface area (Å²) in [7, 11) is 1.56. The first kappa shape index (κ1) is 13.7. The molecule has 104 valence electrons. The van der Waals surface area contributed by atoms with Crippen LogP contribution in [0.25, 0.3) is 0 Å². The highest BCUT2D eigenvalue weighted by Crippen LogP contribution is 2.27. The van der Waals surface area contributed by atoms with Crippen LogP contribution in [0.15, 0.2) is 42.5 Å². The molecule has 2 N–H and O–H groups in total. The molecule has 0 aromatic heterocycles. The van der Waals surface area contributed by atoms with Gasteiger partial charge < -0.3 is 15.2 Å². The molecule has 0 fully saturated rings. The Morgan fingerprint density at radius 3 is 2.50 bits per heavy atom. The predicted octanol–water partition coefficient (Wildman–Crippen LogP) is 2.76. The molecule has 0 amide bonds. The Balaban J connectivity index is 2.11. The third-order valence-electron chi connectivity index (χ3n) is 2.75. The first-order chi connectivity index (χ1) is 9.61. The Labute approximate surface area is 115 Å². The van der Waals surface area contributed by atoms with Gasteiger partial charge >= 0.3 is 0 Å². The van der Waals surface area contributed by atoms with Gasteiger partial charge in [0.1, 0.15) is 12.3 Å². The SMILES string of the molecule is COc1ccccc1OCc1ccc([N+](=O)[O-])c(N)c1. The molecule has 0 radical (unpaired) electrons. The number of ether oxygens (including phenoxy) is 2. The van der Waals surface area contributed by atoms with Crippen molar-refractivity contribution in [1.29, 1.82) is 0 Å². The second-order valence-electron chi connectivity index (χ2n) is 4.09. The van der Waals surface area contributed by atoms with E-state index in [1.807, 2.05) is 12.1 Å². The van der Waals surface area contributed by atoms with E-state index in [4.69, 9.17) is 15.2 Å². The summed E-state index contributed by atoms with van der Waals surface area (Å²) in [4.78, 5) is 10.2. The molecule has 6 nitrogen and oxygen atoms in total. The van der Waals surface area contributed by atoms with Crippen LogP contribution in [0.5, 0.6) is 11.5 Å². The van der Waals surface area contributed by atoms with E-state index < -0.39 is 4.92 Å². The van der Waals surface area contributed by atoms with Gasteiger partial charge in [0.25, 0.3) is 5.69 Å². The molecule has 2 aromatic carbocycles. The average Bonchev–Trinajstić information content (AvgIpc) is 2.45. The van der Waals surface area contributed by atoms with Crippen LogP contribution < -0.4 is 15.2 Å². The highest BCUT2D eigenvalue weighted by molar-refractivity contribution is 5.59. The maximum absolute atomic E-state index is 10.7. The Kier molecular flexibility index (Phi) is 4.05. The summed E-state index contributed by atoms with van der Waals surface area (Å²) in [6.07, 6.45) is 0. The van der Waals surface area contributed by atoms with Gasteiger partial charge in [-0.05, 0) is 29.8 Å². The first-order valence-electron chi connectivity index (χ1n) is 5.90. The molecule has 20 heavy (non-hydrogen) atoms. The summed E-state index contributed by atoms with van der Waals surface area (Å²) < 4.78 is 10.8. The Hall–Kier alpha value is -2.76. The molecule has 0 aliphatic carbocycles. The number of nitrogen functional groups attached to an aromatic ring is 1. The number of methoxy groups -OCH3 is 1. The lowest BCUT2D eigenvalue weighted by Crippen LogP contribution is -2.00. The van der Waals surface area contributed by atoms with Gasteiger partial charge in [-0.2, -0.15) is 0 Å². The van der Waals surface area contributed by atoms with Crippen LogP contribution in [-0.4, -0.2) is 12.0 Å². The van der Waals surface area contributed by atoms with Crippen molar-refractivity contribution in [2.75, 3.05) is 12.8 Å². The standard InChI is InChI=1S/C14H14N2O4/c1-19-13-4-2-3-5-14(13)20-9-10-6-7-12(16(17)18)11(15)8-10/h2-8H,9,15H2,1H3. The minimum absolute atomic E-state index is 0.106. The third kappa shape index (κ3) is 2.97. The molecule has 0 saturated carbocycles. The van der Waals surface area contributed by atoms with Crippen molar-refractivity contribution in [3.05, 3.63) is 58.1 Å². The van der Waals surface area contributed by atoms with E-state index in [1.54, 1.807) is 25.3 Å². The summed E-state index contributed by atoms with van der Waals surface area (Å²) in [5.41, 5.74) is 6.39. The van der Waals surface area contributed by atoms with Gasteiger partial charge in [-0.3, -0.25) is 10.1 Å². The quantitative estimate of drug-likeness (QED) is 0.514. The van der Waals surface area contributed by atoms with Crippen LogP contribution in [0.1, 0.15) is 5.56 Å². The number of hydrogen-bond acceptors (Lipinski definition) is 5. The number of nitro benzene ring substituents is 1. The van der Waals surface area contributed by atoms with Crippen LogP contribution in [0.3, 0.4) is 0 Å². The van der Waals surface area contributed by atoms with Crippen LogP contribution in [-0.2, 0) is 6.61 Å². The van der Waals surface area contributed by atoms with E-state index in [0.717, 1.165) is 5.56 Å². The summed E-state index contributed by atoms with van der Waals surface area (Å²) in [5, 5.41) is 10.7. The molecular weight excluding hydrogens is 260 g/mol. The summed E-state index contributed by atoms with van der Waals surface area (Å²) >= 11 is 0. The highest BCUT2D eigenvalue weighted by atomic mass is 16.6. The summed E-state index contributed by atoms with van der Waals surface area (Å²) in [5.74, 6) is 1.23. The largest absolute Gasteiger partial charge is 0.493 e. The van der Waals surface area contributed by atoms with Crippen LogP contribution >= 0.6 is 0 Å². The lowest BCUT2D eigenvalue weighted by atomic mass is 10.2. The van der Waals surface area contributed by atoms with Crippen molar-refractivity contribution in [3.63, 3.8) is 0 Å². The Morgan fingerprint density at radius 1 is 1.20 bits per heavy atom. The summed E-state index contributed by atoms with van der Waals surface area (Å²) in [6, 6.07) is 11.8. The smallest absolute Gasteiger partial charge is 0.292 e. The third-order valence-corrected chi connectivity index (χ3v) is 2.75. The topological polar surface area (TPSA) is 87.6 Å². The number of para-hydroxylation sites is 2. The van der Waals surface area contributed by atoms with E-state index >= 15 is 0 Å². The number of nitro groups is 1. The second-order valence-corrected chi connectivity index (χ2v) is 4.09. The number of hydrogen-bond donors (Lipinski definition) is 1. The number of benzene rings is 2. The van der Waals surface area contributed by atoms with E-state index in [1.165, 1.54) is 12.1 Å². The summed E-state index contributed by atoms with van der Waals surface area (Å²) in [6.45, 7) is 0.253. The molecule has 2 aromatic rings. The molecule has 6 heteroatoms. The second kappa shape index (κ2) is 5.92. The van der Waals surface area contributed by atoms with Crippen molar-refractivity contribution in [2.24, 2.45) is 0 Å². The minimum Gasteiger partial charge on any atom is -0.493 e. The Bertz CT molecular complexity index is 628.